The number of aliphatic hydroxyl groups excluding tert-OH is 1. The molecular weight excluding hydrogens is 272 g/mol. The number of esters is 1. The Bertz CT molecular complexity index is 455. The summed E-state index contributed by atoms with van der Waals surface area (Å²) in [7, 11) is 1.36. The van der Waals surface area contributed by atoms with Crippen molar-refractivity contribution in [2.45, 2.75) is 51.1 Å². The zero-order valence-electron chi connectivity index (χ0n) is 12.5. The fraction of sp³-hybridized carbons (Fsp3) is 0.786. The van der Waals surface area contributed by atoms with Gasteiger partial charge in [-0.15, -0.1) is 5.10 Å². The van der Waals surface area contributed by atoms with Gasteiger partial charge in [0.2, 0.25) is 0 Å². The van der Waals surface area contributed by atoms with Crippen molar-refractivity contribution in [2.24, 2.45) is 0 Å². The van der Waals surface area contributed by atoms with Gasteiger partial charge in [0, 0.05) is 13.2 Å². The van der Waals surface area contributed by atoms with Crippen molar-refractivity contribution in [3.63, 3.8) is 0 Å². The normalized spacial score (nSPS) is 18.1. The molecule has 2 rings (SSSR count). The number of ether oxygens (including phenoxy) is 1. The summed E-state index contributed by atoms with van der Waals surface area (Å²) in [5.74, 6) is -0.426. The molecule has 2 N–H and O–H groups in total. The lowest BCUT2D eigenvalue weighted by molar-refractivity contribution is 0.0591. The Balaban J connectivity index is 2.05. The standard InChI is InChI=1S/C14H24N4O3/c1-21-14(20)12-13(11-7-6-8-15-11)18(17-16-12)9-4-2-3-5-10-19/h11,15,19H,2-10H2,1H3. The van der Waals surface area contributed by atoms with Crippen molar-refractivity contribution in [1.82, 2.24) is 20.3 Å². The van der Waals surface area contributed by atoms with Crippen LogP contribution in [0.15, 0.2) is 0 Å². The van der Waals surface area contributed by atoms with Gasteiger partial charge in [-0.05, 0) is 32.2 Å². The van der Waals surface area contributed by atoms with Crippen LogP contribution in [-0.4, -0.2) is 46.3 Å². The third-order valence-corrected chi connectivity index (χ3v) is 3.82. The highest BCUT2D eigenvalue weighted by Gasteiger charge is 2.28. The van der Waals surface area contributed by atoms with E-state index in [0.29, 0.717) is 5.69 Å². The number of aromatic nitrogens is 3. The van der Waals surface area contributed by atoms with E-state index in [2.05, 4.69) is 15.6 Å². The Morgan fingerprint density at radius 1 is 1.43 bits per heavy atom. The lowest BCUT2D eigenvalue weighted by Gasteiger charge is -2.13. The first-order valence-electron chi connectivity index (χ1n) is 7.64. The van der Waals surface area contributed by atoms with Crippen LogP contribution in [0.4, 0.5) is 0 Å². The van der Waals surface area contributed by atoms with Crippen LogP contribution in [0.3, 0.4) is 0 Å². The molecule has 1 aliphatic heterocycles. The van der Waals surface area contributed by atoms with Crippen molar-refractivity contribution in [3.05, 3.63) is 11.4 Å². The van der Waals surface area contributed by atoms with Crippen LogP contribution in [0.5, 0.6) is 0 Å². The van der Waals surface area contributed by atoms with Crippen LogP contribution in [0.25, 0.3) is 0 Å². The molecular formula is C14H24N4O3. The van der Waals surface area contributed by atoms with Crippen LogP contribution in [0.1, 0.15) is 60.7 Å². The van der Waals surface area contributed by atoms with Crippen LogP contribution < -0.4 is 5.32 Å². The van der Waals surface area contributed by atoms with E-state index in [1.807, 2.05) is 4.68 Å². The molecule has 1 aromatic rings. The monoisotopic (exact) mass is 296 g/mol. The van der Waals surface area contributed by atoms with Crippen molar-refractivity contribution in [3.8, 4) is 0 Å². The van der Waals surface area contributed by atoms with Crippen LogP contribution >= 0.6 is 0 Å². The number of hydrogen-bond donors (Lipinski definition) is 2. The van der Waals surface area contributed by atoms with Gasteiger partial charge >= 0.3 is 5.97 Å². The quantitative estimate of drug-likeness (QED) is 0.550. The summed E-state index contributed by atoms with van der Waals surface area (Å²) in [6.07, 6.45) is 5.91. The Hall–Kier alpha value is -1.47. The van der Waals surface area contributed by atoms with E-state index in [1.165, 1.54) is 7.11 Å². The van der Waals surface area contributed by atoms with Crippen LogP contribution in [-0.2, 0) is 11.3 Å². The van der Waals surface area contributed by atoms with Gasteiger partial charge in [0.1, 0.15) is 0 Å². The number of carbonyl (C=O) groups excluding carboxylic acids is 1. The van der Waals surface area contributed by atoms with Crippen molar-refractivity contribution >= 4 is 5.97 Å². The molecule has 7 heteroatoms. The average Bonchev–Trinajstić information content (AvgIpc) is 3.15. The molecule has 1 atom stereocenters. The van der Waals surface area contributed by atoms with Crippen LogP contribution in [0, 0.1) is 0 Å². The predicted molar refractivity (Wildman–Crippen MR) is 76.9 cm³/mol. The maximum Gasteiger partial charge on any atom is 0.360 e. The summed E-state index contributed by atoms with van der Waals surface area (Å²) in [6.45, 7) is 1.93. The van der Waals surface area contributed by atoms with Crippen LogP contribution in [0.2, 0.25) is 0 Å². The molecule has 0 bridgehead atoms. The minimum absolute atomic E-state index is 0.131. The molecule has 2 heterocycles. The minimum Gasteiger partial charge on any atom is -0.464 e. The van der Waals surface area contributed by atoms with E-state index in [9.17, 15) is 4.79 Å². The fourth-order valence-corrected chi connectivity index (χ4v) is 2.72. The molecule has 21 heavy (non-hydrogen) atoms. The van der Waals surface area contributed by atoms with Gasteiger partial charge in [-0.25, -0.2) is 9.48 Å². The molecule has 0 spiro atoms. The molecule has 0 radical (unpaired) electrons. The topological polar surface area (TPSA) is 89.3 Å². The van der Waals surface area contributed by atoms with E-state index in [4.69, 9.17) is 9.84 Å². The van der Waals surface area contributed by atoms with Gasteiger partial charge in [-0.1, -0.05) is 18.1 Å². The number of nitrogens with one attached hydrogen (secondary N) is 1. The highest BCUT2D eigenvalue weighted by Crippen LogP contribution is 2.25. The zero-order chi connectivity index (χ0) is 15.1. The first-order valence-corrected chi connectivity index (χ1v) is 7.64. The molecule has 0 amide bonds. The number of carbonyl (C=O) groups is 1. The predicted octanol–water partition coefficient (Wildman–Crippen LogP) is 1.04. The number of nitrogens with zero attached hydrogens (tertiary/aromatic N) is 3. The van der Waals surface area contributed by atoms with Gasteiger partial charge in [0.25, 0.3) is 0 Å². The van der Waals surface area contributed by atoms with Gasteiger partial charge in [-0.2, -0.15) is 0 Å². The molecule has 0 saturated carbocycles. The molecule has 118 valence electrons. The van der Waals surface area contributed by atoms with E-state index >= 15 is 0 Å². The van der Waals surface area contributed by atoms with E-state index in [1.54, 1.807) is 0 Å². The summed E-state index contributed by atoms with van der Waals surface area (Å²) < 4.78 is 6.62. The molecule has 1 fully saturated rings. The number of rotatable bonds is 8. The van der Waals surface area contributed by atoms with Crippen molar-refractivity contribution in [2.75, 3.05) is 20.3 Å². The molecule has 1 aliphatic rings. The second-order valence-corrected chi connectivity index (χ2v) is 5.32. The van der Waals surface area contributed by atoms with Gasteiger partial charge in [-0.3, -0.25) is 0 Å². The lowest BCUT2D eigenvalue weighted by atomic mass is 10.1. The summed E-state index contributed by atoms with van der Waals surface area (Å²) >= 11 is 0. The maximum absolute atomic E-state index is 11.8. The smallest absolute Gasteiger partial charge is 0.360 e. The van der Waals surface area contributed by atoms with Gasteiger partial charge in [0.15, 0.2) is 5.69 Å². The molecule has 7 nitrogen and oxygen atoms in total. The Morgan fingerprint density at radius 2 is 2.24 bits per heavy atom. The fourth-order valence-electron chi connectivity index (χ4n) is 2.72. The molecule has 0 aromatic carbocycles. The van der Waals surface area contributed by atoms with Gasteiger partial charge in [0.05, 0.1) is 18.8 Å². The molecule has 0 aliphatic carbocycles. The summed E-state index contributed by atoms with van der Waals surface area (Å²) in [4.78, 5) is 11.8. The maximum atomic E-state index is 11.8. The molecule has 1 saturated heterocycles. The first-order chi connectivity index (χ1) is 10.3. The summed E-state index contributed by atoms with van der Waals surface area (Å²) in [6, 6.07) is 0.131. The van der Waals surface area contributed by atoms with Crippen molar-refractivity contribution < 1.29 is 14.6 Å². The highest BCUT2D eigenvalue weighted by atomic mass is 16.5. The second kappa shape index (κ2) is 8.09. The lowest BCUT2D eigenvalue weighted by Crippen LogP contribution is -2.21. The van der Waals surface area contributed by atoms with Gasteiger partial charge < -0.3 is 15.2 Å². The number of aryl methyl sites for hydroxylation is 1. The SMILES string of the molecule is COC(=O)c1nnn(CCCCCCO)c1C1CCCN1. The Labute approximate surface area is 124 Å². The highest BCUT2D eigenvalue weighted by molar-refractivity contribution is 5.88. The Morgan fingerprint density at radius 3 is 2.90 bits per heavy atom. The minimum atomic E-state index is -0.426. The Kier molecular flexibility index (Phi) is 6.13. The van der Waals surface area contributed by atoms with E-state index in [-0.39, 0.29) is 12.6 Å². The number of hydrogen-bond acceptors (Lipinski definition) is 6. The summed E-state index contributed by atoms with van der Waals surface area (Å²) in [5, 5.41) is 20.3. The molecule has 1 aromatic heterocycles. The number of unbranched alkanes of at least 4 members (excludes halogenated alkanes) is 3. The number of aliphatic hydroxyl groups is 1. The largest absolute Gasteiger partial charge is 0.464 e. The zero-order valence-corrected chi connectivity index (χ0v) is 12.5. The third-order valence-electron chi connectivity index (χ3n) is 3.82. The molecule has 1 unspecified atom stereocenters. The van der Waals surface area contributed by atoms with Crippen molar-refractivity contribution in [1.29, 1.82) is 0 Å². The first kappa shape index (κ1) is 15.9. The van der Waals surface area contributed by atoms with E-state index < -0.39 is 5.97 Å². The van der Waals surface area contributed by atoms with E-state index in [0.717, 1.165) is 57.3 Å². The third kappa shape index (κ3) is 4.01. The number of methoxy groups -OCH3 is 1. The second-order valence-electron chi connectivity index (χ2n) is 5.32. The average molecular weight is 296 g/mol. The summed E-state index contributed by atoms with van der Waals surface area (Å²) in [5.41, 5.74) is 1.17.